The minimum Gasteiger partial charge on any atom is -0.268 e. The number of nitrogens with one attached hydrogen (secondary N) is 1. The predicted octanol–water partition coefficient (Wildman–Crippen LogP) is 2.46. The molecule has 17 heavy (non-hydrogen) atoms. The number of nitrogens with zero attached hydrogens (tertiary/aromatic N) is 1. The van der Waals surface area contributed by atoms with Crippen molar-refractivity contribution in [2.45, 2.75) is 6.18 Å². The van der Waals surface area contributed by atoms with Crippen LogP contribution in [0.5, 0.6) is 0 Å². The lowest BCUT2D eigenvalue weighted by Gasteiger charge is -2.11. The van der Waals surface area contributed by atoms with Gasteiger partial charge in [0, 0.05) is 11.6 Å². The SMILES string of the molecule is O=c1cc(-c2ccccc2C(F)(F)F)cn[nH]1. The standard InChI is InChI=1S/C11H7F3N2O/c12-11(13,14)9-4-2-1-3-8(9)7-5-10(17)16-15-6-7/h1-6H,(H,16,17). The van der Waals surface area contributed by atoms with Crippen molar-refractivity contribution in [1.82, 2.24) is 10.2 Å². The zero-order valence-electron chi connectivity index (χ0n) is 8.45. The Hall–Kier alpha value is -2.11. The summed E-state index contributed by atoms with van der Waals surface area (Å²) in [5, 5.41) is 5.59. The van der Waals surface area contributed by atoms with Gasteiger partial charge < -0.3 is 0 Å². The number of alkyl halides is 3. The van der Waals surface area contributed by atoms with Gasteiger partial charge in [0.1, 0.15) is 0 Å². The van der Waals surface area contributed by atoms with Crippen molar-refractivity contribution in [2.24, 2.45) is 0 Å². The van der Waals surface area contributed by atoms with E-state index in [1.54, 1.807) is 0 Å². The third kappa shape index (κ3) is 2.35. The molecule has 2 rings (SSSR count). The molecule has 0 fully saturated rings. The first kappa shape index (κ1) is 11.4. The fourth-order valence-electron chi connectivity index (χ4n) is 1.51. The number of aromatic amines is 1. The summed E-state index contributed by atoms with van der Waals surface area (Å²) in [6, 6.07) is 6.13. The first-order valence-corrected chi connectivity index (χ1v) is 4.70. The normalized spacial score (nSPS) is 11.5. The van der Waals surface area contributed by atoms with Gasteiger partial charge in [-0.3, -0.25) is 4.79 Å². The van der Waals surface area contributed by atoms with Crippen molar-refractivity contribution in [3.05, 3.63) is 52.4 Å². The molecule has 0 aliphatic heterocycles. The van der Waals surface area contributed by atoms with E-state index in [0.717, 1.165) is 12.1 Å². The summed E-state index contributed by atoms with van der Waals surface area (Å²) in [7, 11) is 0. The highest BCUT2D eigenvalue weighted by Gasteiger charge is 2.33. The van der Waals surface area contributed by atoms with E-state index in [4.69, 9.17) is 0 Å². The molecule has 3 nitrogen and oxygen atoms in total. The molecule has 0 aliphatic carbocycles. The van der Waals surface area contributed by atoms with Crippen molar-refractivity contribution in [3.8, 4) is 11.1 Å². The largest absolute Gasteiger partial charge is 0.417 e. The number of benzene rings is 1. The Kier molecular flexibility index (Phi) is 2.71. The van der Waals surface area contributed by atoms with Crippen LogP contribution >= 0.6 is 0 Å². The molecule has 0 amide bonds. The van der Waals surface area contributed by atoms with E-state index >= 15 is 0 Å². The van der Waals surface area contributed by atoms with E-state index in [0.29, 0.717) is 0 Å². The Labute approximate surface area is 93.9 Å². The first-order chi connectivity index (χ1) is 7.98. The van der Waals surface area contributed by atoms with Crippen LogP contribution in [0.2, 0.25) is 0 Å². The third-order valence-corrected chi connectivity index (χ3v) is 2.21. The first-order valence-electron chi connectivity index (χ1n) is 4.70. The molecule has 0 unspecified atom stereocenters. The van der Waals surface area contributed by atoms with E-state index in [1.165, 1.54) is 24.4 Å². The van der Waals surface area contributed by atoms with Crippen LogP contribution in [-0.2, 0) is 6.18 Å². The lowest BCUT2D eigenvalue weighted by Crippen LogP contribution is -2.09. The van der Waals surface area contributed by atoms with Gasteiger partial charge in [-0.1, -0.05) is 18.2 Å². The Balaban J connectivity index is 2.64. The van der Waals surface area contributed by atoms with Crippen molar-refractivity contribution in [1.29, 1.82) is 0 Å². The van der Waals surface area contributed by atoms with Crippen molar-refractivity contribution in [3.63, 3.8) is 0 Å². The van der Waals surface area contributed by atoms with Gasteiger partial charge in [-0.05, 0) is 11.6 Å². The Morgan fingerprint density at radius 1 is 1.18 bits per heavy atom. The van der Waals surface area contributed by atoms with E-state index in [-0.39, 0.29) is 11.1 Å². The topological polar surface area (TPSA) is 45.8 Å². The molecular weight excluding hydrogens is 233 g/mol. The van der Waals surface area contributed by atoms with Gasteiger partial charge in [-0.2, -0.15) is 18.3 Å². The van der Waals surface area contributed by atoms with E-state index in [2.05, 4.69) is 10.2 Å². The van der Waals surface area contributed by atoms with Gasteiger partial charge >= 0.3 is 6.18 Å². The van der Waals surface area contributed by atoms with Crippen LogP contribution in [0.1, 0.15) is 5.56 Å². The van der Waals surface area contributed by atoms with Crippen LogP contribution in [0.15, 0.2) is 41.3 Å². The van der Waals surface area contributed by atoms with Crippen LogP contribution in [0.4, 0.5) is 13.2 Å². The number of halogens is 3. The lowest BCUT2D eigenvalue weighted by atomic mass is 10.0. The fraction of sp³-hybridized carbons (Fsp3) is 0.0909. The number of rotatable bonds is 1. The summed E-state index contributed by atoms with van der Waals surface area (Å²) in [4.78, 5) is 11.0. The molecule has 6 heteroatoms. The third-order valence-electron chi connectivity index (χ3n) is 2.21. The van der Waals surface area contributed by atoms with Crippen LogP contribution in [-0.4, -0.2) is 10.2 Å². The average molecular weight is 240 g/mol. The second kappa shape index (κ2) is 4.04. The second-order valence-electron chi connectivity index (χ2n) is 3.38. The minimum absolute atomic E-state index is 0.0569. The molecule has 0 saturated heterocycles. The molecule has 1 aromatic carbocycles. The van der Waals surface area contributed by atoms with Crippen LogP contribution in [0.3, 0.4) is 0 Å². The number of hydrogen-bond donors (Lipinski definition) is 1. The zero-order chi connectivity index (χ0) is 12.5. The van der Waals surface area contributed by atoms with Crippen molar-refractivity contribution < 1.29 is 13.2 Å². The summed E-state index contributed by atoms with van der Waals surface area (Å²) in [6.45, 7) is 0. The molecular formula is C11H7F3N2O. The Morgan fingerprint density at radius 3 is 2.53 bits per heavy atom. The molecule has 0 bridgehead atoms. The molecule has 0 spiro atoms. The van der Waals surface area contributed by atoms with Crippen LogP contribution in [0.25, 0.3) is 11.1 Å². The van der Waals surface area contributed by atoms with Gasteiger partial charge in [0.2, 0.25) is 0 Å². The van der Waals surface area contributed by atoms with Gasteiger partial charge in [0.05, 0.1) is 11.8 Å². The molecule has 0 radical (unpaired) electrons. The molecule has 0 aliphatic rings. The van der Waals surface area contributed by atoms with Crippen LogP contribution < -0.4 is 5.56 Å². The molecule has 0 saturated carbocycles. The average Bonchev–Trinajstić information content (AvgIpc) is 2.28. The molecule has 1 N–H and O–H groups in total. The number of hydrogen-bond acceptors (Lipinski definition) is 2. The molecule has 1 aromatic heterocycles. The van der Waals surface area contributed by atoms with E-state index < -0.39 is 17.3 Å². The Morgan fingerprint density at radius 2 is 1.88 bits per heavy atom. The van der Waals surface area contributed by atoms with Crippen molar-refractivity contribution in [2.75, 3.05) is 0 Å². The summed E-state index contributed by atoms with van der Waals surface area (Å²) in [5.74, 6) is 0. The summed E-state index contributed by atoms with van der Waals surface area (Å²) < 4.78 is 38.2. The molecule has 88 valence electrons. The van der Waals surface area contributed by atoms with Crippen LogP contribution in [0, 0.1) is 0 Å². The predicted molar refractivity (Wildman–Crippen MR) is 55.3 cm³/mol. The van der Waals surface area contributed by atoms with Gasteiger partial charge in [-0.15, -0.1) is 0 Å². The zero-order valence-corrected chi connectivity index (χ0v) is 8.45. The fourth-order valence-corrected chi connectivity index (χ4v) is 1.51. The Bertz CT molecular complexity index is 590. The van der Waals surface area contributed by atoms with E-state index in [9.17, 15) is 18.0 Å². The summed E-state index contributed by atoms with van der Waals surface area (Å²) in [6.07, 6.45) is -3.27. The van der Waals surface area contributed by atoms with Crippen molar-refractivity contribution >= 4 is 0 Å². The molecule has 2 aromatic rings. The lowest BCUT2D eigenvalue weighted by molar-refractivity contribution is -0.137. The minimum atomic E-state index is -4.46. The quantitative estimate of drug-likeness (QED) is 0.832. The van der Waals surface area contributed by atoms with Gasteiger partial charge in [0.25, 0.3) is 5.56 Å². The maximum atomic E-state index is 12.7. The highest BCUT2D eigenvalue weighted by Crippen LogP contribution is 2.36. The smallest absolute Gasteiger partial charge is 0.268 e. The second-order valence-corrected chi connectivity index (χ2v) is 3.38. The van der Waals surface area contributed by atoms with Gasteiger partial charge in [-0.25, -0.2) is 5.10 Å². The highest BCUT2D eigenvalue weighted by molar-refractivity contribution is 5.66. The number of H-pyrrole nitrogens is 1. The monoisotopic (exact) mass is 240 g/mol. The summed E-state index contributed by atoms with van der Waals surface area (Å²) in [5.41, 5.74) is -1.24. The highest BCUT2D eigenvalue weighted by atomic mass is 19.4. The van der Waals surface area contributed by atoms with E-state index in [1.807, 2.05) is 0 Å². The van der Waals surface area contributed by atoms with Gasteiger partial charge in [0.15, 0.2) is 0 Å². The maximum Gasteiger partial charge on any atom is 0.417 e. The molecule has 0 atom stereocenters. The molecule has 1 heterocycles. The summed E-state index contributed by atoms with van der Waals surface area (Å²) >= 11 is 0. The number of aromatic nitrogens is 2. The maximum absolute atomic E-state index is 12.7.